The predicted molar refractivity (Wildman–Crippen MR) is 83.8 cm³/mol. The lowest BCUT2D eigenvalue weighted by Gasteiger charge is -2.37. The number of nitrogens with zero attached hydrogens (tertiary/aromatic N) is 2. The summed E-state index contributed by atoms with van der Waals surface area (Å²) in [6.07, 6.45) is 2.30. The third kappa shape index (κ3) is 3.07. The highest BCUT2D eigenvalue weighted by Gasteiger charge is 2.19. The van der Waals surface area contributed by atoms with Gasteiger partial charge in [0.05, 0.1) is 11.4 Å². The van der Waals surface area contributed by atoms with Gasteiger partial charge in [-0.2, -0.15) is 0 Å². The van der Waals surface area contributed by atoms with Crippen molar-refractivity contribution in [2.24, 2.45) is 0 Å². The highest BCUT2D eigenvalue weighted by Crippen LogP contribution is 2.31. The maximum Gasteiger partial charge on any atom is 0.0605 e. The monoisotopic (exact) mass is 275 g/mol. The Hall–Kier alpha value is -1.26. The number of likely N-dealkylation sites (N-methyl/N-ethyl adjacent to an activating group) is 1. The number of anilines is 2. The van der Waals surface area contributed by atoms with Gasteiger partial charge in [-0.25, -0.2) is 0 Å². The van der Waals surface area contributed by atoms with Crippen molar-refractivity contribution in [3.8, 4) is 0 Å². The van der Waals surface area contributed by atoms with Crippen LogP contribution >= 0.6 is 0 Å². The molecule has 110 valence electrons. The zero-order chi connectivity index (χ0) is 13.8. The van der Waals surface area contributed by atoms with Crippen LogP contribution in [0.25, 0.3) is 0 Å². The fourth-order valence-corrected chi connectivity index (χ4v) is 3.10. The molecule has 1 aromatic rings. The average molecular weight is 275 g/mol. The Balaban J connectivity index is 1.54. The first kappa shape index (κ1) is 13.7. The molecule has 0 saturated carbocycles. The second-order valence-corrected chi connectivity index (χ2v) is 5.74. The first-order chi connectivity index (χ1) is 9.84. The molecule has 1 saturated heterocycles. The van der Waals surface area contributed by atoms with E-state index in [2.05, 4.69) is 46.4 Å². The summed E-state index contributed by atoms with van der Waals surface area (Å²) in [5, 5.41) is 3.68. The van der Waals surface area contributed by atoms with Crippen LogP contribution in [0.15, 0.2) is 24.3 Å². The molecule has 2 aliphatic heterocycles. The van der Waals surface area contributed by atoms with Crippen molar-refractivity contribution >= 4 is 11.4 Å². The molecule has 0 aromatic heterocycles. The molecule has 2 aliphatic rings. The highest BCUT2D eigenvalue weighted by atomic mass is 16.5. The summed E-state index contributed by atoms with van der Waals surface area (Å²) in [7, 11) is 2.18. The molecule has 4 heteroatoms. The van der Waals surface area contributed by atoms with Crippen LogP contribution in [0, 0.1) is 0 Å². The molecule has 4 nitrogen and oxygen atoms in total. The van der Waals surface area contributed by atoms with Gasteiger partial charge in [0.2, 0.25) is 0 Å². The van der Waals surface area contributed by atoms with Crippen LogP contribution in [-0.2, 0) is 4.74 Å². The van der Waals surface area contributed by atoms with Crippen molar-refractivity contribution in [2.45, 2.75) is 18.9 Å². The van der Waals surface area contributed by atoms with Gasteiger partial charge >= 0.3 is 0 Å². The van der Waals surface area contributed by atoms with Gasteiger partial charge in [0, 0.05) is 52.5 Å². The SMILES string of the molecule is CN1CCN(CCNC2CCOCC2)c2ccccc21. The molecule has 0 atom stereocenters. The van der Waals surface area contributed by atoms with Crippen molar-refractivity contribution in [1.29, 1.82) is 0 Å². The summed E-state index contributed by atoms with van der Waals surface area (Å²) < 4.78 is 5.40. The van der Waals surface area contributed by atoms with Crippen LogP contribution in [0.1, 0.15) is 12.8 Å². The second-order valence-electron chi connectivity index (χ2n) is 5.74. The quantitative estimate of drug-likeness (QED) is 0.905. The molecule has 0 unspecified atom stereocenters. The van der Waals surface area contributed by atoms with Gasteiger partial charge in [-0.3, -0.25) is 0 Å². The van der Waals surface area contributed by atoms with E-state index in [9.17, 15) is 0 Å². The average Bonchev–Trinajstić information content (AvgIpc) is 2.51. The molecular formula is C16H25N3O. The van der Waals surface area contributed by atoms with E-state index in [0.29, 0.717) is 6.04 Å². The first-order valence-electron chi connectivity index (χ1n) is 7.71. The van der Waals surface area contributed by atoms with Gasteiger partial charge in [0.15, 0.2) is 0 Å². The molecule has 3 rings (SSSR count). The Morgan fingerprint density at radius 2 is 1.90 bits per heavy atom. The van der Waals surface area contributed by atoms with Crippen molar-refractivity contribution in [1.82, 2.24) is 5.32 Å². The van der Waals surface area contributed by atoms with Crippen LogP contribution in [0.2, 0.25) is 0 Å². The molecule has 0 radical (unpaired) electrons. The second kappa shape index (κ2) is 6.46. The van der Waals surface area contributed by atoms with E-state index >= 15 is 0 Å². The van der Waals surface area contributed by atoms with E-state index in [4.69, 9.17) is 4.74 Å². The minimum Gasteiger partial charge on any atom is -0.381 e. The summed E-state index contributed by atoms with van der Waals surface area (Å²) >= 11 is 0. The van der Waals surface area contributed by atoms with Gasteiger partial charge in [-0.1, -0.05) is 12.1 Å². The Kier molecular flexibility index (Phi) is 4.43. The fourth-order valence-electron chi connectivity index (χ4n) is 3.10. The number of fused-ring (bicyclic) bond motifs is 1. The highest BCUT2D eigenvalue weighted by molar-refractivity contribution is 5.73. The molecular weight excluding hydrogens is 250 g/mol. The summed E-state index contributed by atoms with van der Waals surface area (Å²) in [5.74, 6) is 0. The molecule has 2 heterocycles. The zero-order valence-corrected chi connectivity index (χ0v) is 12.3. The molecule has 20 heavy (non-hydrogen) atoms. The summed E-state index contributed by atoms with van der Waals surface area (Å²) in [4.78, 5) is 4.85. The Morgan fingerprint density at radius 3 is 2.70 bits per heavy atom. The number of nitrogens with one attached hydrogen (secondary N) is 1. The molecule has 1 N–H and O–H groups in total. The third-order valence-corrected chi connectivity index (χ3v) is 4.38. The number of hydrogen-bond donors (Lipinski definition) is 1. The van der Waals surface area contributed by atoms with Crippen molar-refractivity contribution in [3.63, 3.8) is 0 Å². The summed E-state index contributed by atoms with van der Waals surface area (Å²) in [6, 6.07) is 9.36. The Morgan fingerprint density at radius 1 is 1.15 bits per heavy atom. The van der Waals surface area contributed by atoms with Gasteiger partial charge in [-0.15, -0.1) is 0 Å². The number of para-hydroxylation sites is 2. The predicted octanol–water partition coefficient (Wildman–Crippen LogP) is 1.71. The lowest BCUT2D eigenvalue weighted by molar-refractivity contribution is 0.0783. The molecule has 0 amide bonds. The smallest absolute Gasteiger partial charge is 0.0605 e. The van der Waals surface area contributed by atoms with Crippen LogP contribution < -0.4 is 15.1 Å². The van der Waals surface area contributed by atoms with Crippen molar-refractivity contribution in [2.75, 3.05) is 56.2 Å². The minimum absolute atomic E-state index is 0.645. The largest absolute Gasteiger partial charge is 0.381 e. The standard InChI is InChI=1S/C16H25N3O/c1-18-10-11-19(16-5-3-2-4-15(16)18)9-8-17-14-6-12-20-13-7-14/h2-5,14,17H,6-13H2,1H3. The van der Waals surface area contributed by atoms with Gasteiger partial charge in [0.1, 0.15) is 0 Å². The molecule has 0 aliphatic carbocycles. The van der Waals surface area contributed by atoms with Gasteiger partial charge in [-0.05, 0) is 25.0 Å². The van der Waals surface area contributed by atoms with Gasteiger partial charge < -0.3 is 19.9 Å². The number of benzene rings is 1. The van der Waals surface area contributed by atoms with Crippen LogP contribution in [0.4, 0.5) is 11.4 Å². The summed E-state index contributed by atoms with van der Waals surface area (Å²) in [6.45, 7) is 6.19. The lowest BCUT2D eigenvalue weighted by Crippen LogP contribution is -2.44. The Bertz CT molecular complexity index is 431. The Labute approximate surface area is 121 Å². The molecule has 0 bridgehead atoms. The summed E-state index contributed by atoms with van der Waals surface area (Å²) in [5.41, 5.74) is 2.72. The first-order valence-corrected chi connectivity index (χ1v) is 7.71. The minimum atomic E-state index is 0.645. The van der Waals surface area contributed by atoms with Crippen molar-refractivity contribution < 1.29 is 4.74 Å². The lowest BCUT2D eigenvalue weighted by atomic mass is 10.1. The maximum absolute atomic E-state index is 5.40. The van der Waals surface area contributed by atoms with Crippen LogP contribution in [0.3, 0.4) is 0 Å². The number of hydrogen-bond acceptors (Lipinski definition) is 4. The van der Waals surface area contributed by atoms with E-state index in [1.165, 1.54) is 11.4 Å². The molecule has 1 aromatic carbocycles. The number of ether oxygens (including phenoxy) is 1. The van der Waals surface area contributed by atoms with E-state index in [0.717, 1.165) is 52.2 Å². The number of rotatable bonds is 4. The van der Waals surface area contributed by atoms with E-state index in [-0.39, 0.29) is 0 Å². The topological polar surface area (TPSA) is 27.7 Å². The third-order valence-electron chi connectivity index (χ3n) is 4.38. The maximum atomic E-state index is 5.40. The van der Waals surface area contributed by atoms with E-state index < -0.39 is 0 Å². The van der Waals surface area contributed by atoms with Crippen LogP contribution in [-0.4, -0.2) is 52.5 Å². The zero-order valence-electron chi connectivity index (χ0n) is 12.3. The normalized spacial score (nSPS) is 20.1. The van der Waals surface area contributed by atoms with Crippen LogP contribution in [0.5, 0.6) is 0 Å². The fraction of sp³-hybridized carbons (Fsp3) is 0.625. The molecule has 0 spiro atoms. The van der Waals surface area contributed by atoms with E-state index in [1.807, 2.05) is 0 Å². The van der Waals surface area contributed by atoms with E-state index in [1.54, 1.807) is 0 Å². The van der Waals surface area contributed by atoms with Gasteiger partial charge in [0.25, 0.3) is 0 Å². The van der Waals surface area contributed by atoms with Crippen molar-refractivity contribution in [3.05, 3.63) is 24.3 Å². The molecule has 1 fully saturated rings.